The summed E-state index contributed by atoms with van der Waals surface area (Å²) in [4.78, 5) is 0. The molecular weight excluding hydrogens is 113 g/mol. The standard InChI is InChI=1S/C6H14N.Al/c1-5(2)7-6(3)4;/h5-6H,1-4H3;/q-1;+1. The molecule has 0 spiro atoms. The lowest BCUT2D eigenvalue weighted by molar-refractivity contribution is 0.320. The van der Waals surface area contributed by atoms with Crippen LogP contribution in [-0.4, -0.2) is 32.5 Å². The van der Waals surface area contributed by atoms with Gasteiger partial charge in [0.25, 0.3) is 16.5 Å². The van der Waals surface area contributed by atoms with Gasteiger partial charge in [0.2, 0.25) is 0 Å². The molecule has 0 fully saturated rings. The maximum absolute atomic E-state index is 2.72. The Morgan fingerprint density at radius 1 is 1.00 bits per heavy atom. The third kappa shape index (κ3) is 2.72. The first kappa shape index (κ1) is 8.49. The predicted molar refractivity (Wildman–Crippen MR) is 37.9 cm³/mol. The molecule has 0 unspecified atom stereocenters. The third-order valence-electron chi connectivity index (χ3n) is 1.19. The summed E-state index contributed by atoms with van der Waals surface area (Å²) in [6.45, 7) is 8.75. The van der Waals surface area contributed by atoms with Crippen LogP contribution >= 0.6 is 0 Å². The molecule has 0 heterocycles. The minimum atomic E-state index is 0.639. The highest BCUT2D eigenvalue weighted by atomic mass is 27.1. The van der Waals surface area contributed by atoms with Gasteiger partial charge in [-0.1, -0.05) is 27.7 Å². The van der Waals surface area contributed by atoms with Crippen LogP contribution in [0.2, 0.25) is 0 Å². The molecule has 0 aromatic carbocycles. The van der Waals surface area contributed by atoms with E-state index in [0.717, 1.165) is 0 Å². The van der Waals surface area contributed by atoms with Gasteiger partial charge in [-0.05, 0) is 12.1 Å². The fourth-order valence-corrected chi connectivity index (χ4v) is 0.596. The van der Waals surface area contributed by atoms with Crippen molar-refractivity contribution in [3.8, 4) is 0 Å². The fraction of sp³-hybridized carbons (Fsp3) is 1.00. The summed E-state index contributed by atoms with van der Waals surface area (Å²) >= 11 is 2.72. The topological polar surface area (TPSA) is 3.24 Å². The average Bonchev–Trinajstić information content (AvgIpc) is 1.64. The molecule has 8 heavy (non-hydrogen) atoms. The molecule has 2 radical (unpaired) electrons. The summed E-state index contributed by atoms with van der Waals surface area (Å²) in [6.07, 6.45) is 0. The Morgan fingerprint density at radius 2 is 1.25 bits per heavy atom. The van der Waals surface area contributed by atoms with Crippen LogP contribution in [0.3, 0.4) is 0 Å². The second-order valence-electron chi connectivity index (χ2n) is 2.63. The van der Waals surface area contributed by atoms with Gasteiger partial charge in [-0.15, -0.1) is 0 Å². The molecule has 0 rings (SSSR count). The first-order chi connectivity index (χ1) is 3.55. The summed E-state index contributed by atoms with van der Waals surface area (Å²) in [6, 6.07) is 1.28. The van der Waals surface area contributed by atoms with E-state index in [4.69, 9.17) is 0 Å². The van der Waals surface area contributed by atoms with E-state index < -0.39 is 0 Å². The highest BCUT2D eigenvalue weighted by Crippen LogP contribution is 1.97. The minimum Gasteiger partial charge on any atom is -0.398 e. The lowest BCUT2D eigenvalue weighted by Crippen LogP contribution is -2.34. The van der Waals surface area contributed by atoms with Crippen LogP contribution in [0, 0.1) is 0 Å². The molecule has 0 saturated carbocycles. The van der Waals surface area contributed by atoms with Crippen molar-refractivity contribution in [3.05, 3.63) is 0 Å². The number of hydrogen-bond acceptors (Lipinski definition) is 1. The molecule has 2 heteroatoms. The molecule has 0 aliphatic heterocycles. The van der Waals surface area contributed by atoms with Gasteiger partial charge in [-0.25, -0.2) is 0 Å². The second kappa shape index (κ2) is 3.50. The van der Waals surface area contributed by atoms with E-state index in [1.807, 2.05) is 0 Å². The minimum absolute atomic E-state index is 0.639. The molecule has 1 nitrogen and oxygen atoms in total. The third-order valence-corrected chi connectivity index (χ3v) is 2.39. The Hall–Kier alpha value is 0.492. The molecule has 0 N–H and O–H groups in total. The Balaban J connectivity index is 3.46. The smallest absolute Gasteiger partial charge is 0.256 e. The maximum Gasteiger partial charge on any atom is 0.256 e. The van der Waals surface area contributed by atoms with E-state index in [1.54, 1.807) is 0 Å². The monoisotopic (exact) mass is 127 g/mol. The van der Waals surface area contributed by atoms with Crippen molar-refractivity contribution >= 4 is 16.5 Å². The molecule has 0 amide bonds. The van der Waals surface area contributed by atoms with E-state index >= 15 is 0 Å². The highest BCUT2D eigenvalue weighted by molar-refractivity contribution is 6.04. The van der Waals surface area contributed by atoms with Gasteiger partial charge < -0.3 is 3.88 Å². The average molecular weight is 127 g/mol. The lowest BCUT2D eigenvalue weighted by atomic mass is 10.3. The summed E-state index contributed by atoms with van der Waals surface area (Å²) in [7, 11) is 0. The van der Waals surface area contributed by atoms with E-state index in [-0.39, 0.29) is 0 Å². The van der Waals surface area contributed by atoms with Crippen LogP contribution < -0.4 is 0 Å². The Kier molecular flexibility index (Phi) is 3.72. The quantitative estimate of drug-likeness (QED) is 0.503. The van der Waals surface area contributed by atoms with Crippen molar-refractivity contribution in [2.24, 2.45) is 0 Å². The molecule has 0 aromatic heterocycles. The maximum atomic E-state index is 2.72. The van der Waals surface area contributed by atoms with Crippen molar-refractivity contribution in [2.45, 2.75) is 39.8 Å². The summed E-state index contributed by atoms with van der Waals surface area (Å²) in [5, 5.41) is 0. The second-order valence-corrected chi connectivity index (χ2v) is 3.23. The SMILES string of the molecule is CC(C)[N]([Al])C(C)C. The van der Waals surface area contributed by atoms with Crippen molar-refractivity contribution in [2.75, 3.05) is 0 Å². The zero-order valence-corrected chi connectivity index (χ0v) is 7.33. The van der Waals surface area contributed by atoms with Crippen LogP contribution in [0.1, 0.15) is 27.7 Å². The summed E-state index contributed by atoms with van der Waals surface area (Å²) in [5.74, 6) is 0. The van der Waals surface area contributed by atoms with Gasteiger partial charge in [0.1, 0.15) is 0 Å². The van der Waals surface area contributed by atoms with Gasteiger partial charge in [0.15, 0.2) is 0 Å². The van der Waals surface area contributed by atoms with Crippen LogP contribution in [0.4, 0.5) is 0 Å². The van der Waals surface area contributed by atoms with Crippen molar-refractivity contribution in [1.29, 1.82) is 0 Å². The zero-order valence-electron chi connectivity index (χ0n) is 6.18. The van der Waals surface area contributed by atoms with Crippen LogP contribution in [0.15, 0.2) is 0 Å². The highest BCUT2D eigenvalue weighted by Gasteiger charge is 2.03. The first-order valence-electron chi connectivity index (χ1n) is 3.08. The van der Waals surface area contributed by atoms with Crippen LogP contribution in [0.5, 0.6) is 0 Å². The number of hydrogen-bond donors (Lipinski definition) is 0. The van der Waals surface area contributed by atoms with Gasteiger partial charge >= 0.3 is 0 Å². The van der Waals surface area contributed by atoms with E-state index in [2.05, 4.69) is 48.1 Å². The van der Waals surface area contributed by atoms with Gasteiger partial charge in [-0.2, -0.15) is 0 Å². The number of rotatable bonds is 2. The Bertz CT molecular complexity index is 53.5. The Labute approximate surface area is 60.7 Å². The molecule has 46 valence electrons. The van der Waals surface area contributed by atoms with Crippen LogP contribution in [0.25, 0.3) is 0 Å². The molecular formula is C6H14AlN. The van der Waals surface area contributed by atoms with Crippen molar-refractivity contribution < 1.29 is 0 Å². The van der Waals surface area contributed by atoms with E-state index in [9.17, 15) is 0 Å². The zero-order chi connectivity index (χ0) is 6.73. The first-order valence-corrected chi connectivity index (χ1v) is 3.60. The van der Waals surface area contributed by atoms with Crippen LogP contribution in [-0.2, 0) is 0 Å². The van der Waals surface area contributed by atoms with E-state index in [1.165, 1.54) is 0 Å². The largest absolute Gasteiger partial charge is 0.398 e. The van der Waals surface area contributed by atoms with Crippen molar-refractivity contribution in [3.63, 3.8) is 0 Å². The lowest BCUT2D eigenvalue weighted by Gasteiger charge is -2.27. The molecule has 0 aliphatic rings. The molecule has 0 bridgehead atoms. The fourth-order valence-electron chi connectivity index (χ4n) is 0.596. The van der Waals surface area contributed by atoms with Gasteiger partial charge in [0.05, 0.1) is 0 Å². The normalized spacial score (nSPS) is 11.9. The molecule has 0 saturated heterocycles. The molecule has 0 aliphatic carbocycles. The van der Waals surface area contributed by atoms with Crippen molar-refractivity contribution in [1.82, 2.24) is 3.88 Å². The predicted octanol–water partition coefficient (Wildman–Crippen LogP) is 1.19. The molecule has 0 atom stereocenters. The van der Waals surface area contributed by atoms with Gasteiger partial charge in [0, 0.05) is 0 Å². The Morgan fingerprint density at radius 3 is 1.25 bits per heavy atom. The number of nitrogens with zero attached hydrogens (tertiary/aromatic N) is 1. The summed E-state index contributed by atoms with van der Waals surface area (Å²) in [5.41, 5.74) is 0. The van der Waals surface area contributed by atoms with E-state index in [0.29, 0.717) is 12.1 Å². The van der Waals surface area contributed by atoms with Gasteiger partial charge in [-0.3, -0.25) is 0 Å². The summed E-state index contributed by atoms with van der Waals surface area (Å²) < 4.78 is 2.25. The molecule has 0 aromatic rings.